The lowest BCUT2D eigenvalue weighted by Crippen LogP contribution is -2.19. The normalized spacial score (nSPS) is 13.2. The summed E-state index contributed by atoms with van der Waals surface area (Å²) in [4.78, 5) is 23.7. The number of nitro groups is 1. The van der Waals surface area contributed by atoms with Gasteiger partial charge in [0.15, 0.2) is 0 Å². The Morgan fingerprint density at radius 1 is 1.54 bits per heavy atom. The van der Waals surface area contributed by atoms with Gasteiger partial charge in [0.25, 0.3) is 0 Å². The fourth-order valence-electron chi connectivity index (χ4n) is 2.85. The number of amides is 1. The highest BCUT2D eigenvalue weighted by atomic mass is 32.1. The summed E-state index contributed by atoms with van der Waals surface area (Å²) in [5, 5.41) is 27.5. The van der Waals surface area contributed by atoms with E-state index in [9.17, 15) is 20.2 Å². The van der Waals surface area contributed by atoms with Crippen LogP contribution in [0.5, 0.6) is 0 Å². The second-order valence-electron chi connectivity index (χ2n) is 5.63. The van der Waals surface area contributed by atoms with Crippen molar-refractivity contribution >= 4 is 27.9 Å². The molecular formula is C15H15N5O3S. The van der Waals surface area contributed by atoms with E-state index in [0.29, 0.717) is 10.6 Å². The van der Waals surface area contributed by atoms with Gasteiger partial charge in [0, 0.05) is 4.88 Å². The number of carbonyl (C=O) groups is 1. The van der Waals surface area contributed by atoms with Crippen molar-refractivity contribution in [3.8, 4) is 6.07 Å². The molecule has 24 heavy (non-hydrogen) atoms. The van der Waals surface area contributed by atoms with Crippen molar-refractivity contribution in [3.05, 3.63) is 38.0 Å². The molecule has 9 heteroatoms. The molecule has 0 saturated heterocycles. The fourth-order valence-corrected chi connectivity index (χ4v) is 4.11. The van der Waals surface area contributed by atoms with Crippen LogP contribution in [-0.2, 0) is 24.2 Å². The first-order valence-corrected chi connectivity index (χ1v) is 8.34. The average molecular weight is 345 g/mol. The Morgan fingerprint density at radius 2 is 2.29 bits per heavy atom. The SMILES string of the molecule is Cc1nn(CC(=O)Nc2sc3c(c2C#N)CCCC3)cc1[N+](=O)[O-]. The van der Waals surface area contributed by atoms with Gasteiger partial charge in [-0.25, -0.2) is 0 Å². The van der Waals surface area contributed by atoms with Crippen LogP contribution in [0.15, 0.2) is 6.20 Å². The van der Waals surface area contributed by atoms with Crippen LogP contribution in [0.25, 0.3) is 0 Å². The quantitative estimate of drug-likeness (QED) is 0.675. The Bertz CT molecular complexity index is 861. The predicted molar refractivity (Wildman–Crippen MR) is 87.9 cm³/mol. The van der Waals surface area contributed by atoms with E-state index in [-0.39, 0.29) is 23.8 Å². The third kappa shape index (κ3) is 3.00. The average Bonchev–Trinajstić information content (AvgIpc) is 3.06. The zero-order valence-electron chi connectivity index (χ0n) is 13.0. The van der Waals surface area contributed by atoms with E-state index in [4.69, 9.17) is 0 Å². The molecule has 0 bridgehead atoms. The van der Waals surface area contributed by atoms with Crippen molar-refractivity contribution in [2.45, 2.75) is 39.2 Å². The Balaban J connectivity index is 1.76. The standard InChI is InChI=1S/C15H15N5O3S/c1-9-12(20(22)23)7-19(18-9)8-14(21)17-15-11(6-16)10-4-2-3-5-13(10)24-15/h7H,2-5,8H2,1H3,(H,17,21). The molecule has 0 spiro atoms. The van der Waals surface area contributed by atoms with E-state index in [1.165, 1.54) is 34.0 Å². The Labute approximate surface area is 141 Å². The van der Waals surface area contributed by atoms with Crippen molar-refractivity contribution in [2.24, 2.45) is 0 Å². The number of thiophene rings is 1. The number of nitriles is 1. The Morgan fingerprint density at radius 3 is 2.96 bits per heavy atom. The summed E-state index contributed by atoms with van der Waals surface area (Å²) in [5.41, 5.74) is 1.74. The van der Waals surface area contributed by atoms with E-state index in [0.717, 1.165) is 31.2 Å². The number of aryl methyl sites for hydroxylation is 2. The Kier molecular flexibility index (Phi) is 4.31. The number of carbonyl (C=O) groups excluding carboxylic acids is 1. The molecule has 2 aromatic heterocycles. The molecule has 3 rings (SSSR count). The van der Waals surface area contributed by atoms with Gasteiger partial charge in [-0.3, -0.25) is 19.6 Å². The van der Waals surface area contributed by atoms with Crippen molar-refractivity contribution in [1.82, 2.24) is 9.78 Å². The van der Waals surface area contributed by atoms with Gasteiger partial charge < -0.3 is 5.32 Å². The van der Waals surface area contributed by atoms with Crippen LogP contribution in [0.1, 0.15) is 34.5 Å². The third-order valence-electron chi connectivity index (χ3n) is 3.96. The summed E-state index contributed by atoms with van der Waals surface area (Å²) < 4.78 is 1.24. The minimum absolute atomic E-state index is 0.118. The zero-order valence-corrected chi connectivity index (χ0v) is 13.9. The lowest BCUT2D eigenvalue weighted by molar-refractivity contribution is -0.385. The van der Waals surface area contributed by atoms with Crippen LogP contribution in [0, 0.1) is 28.4 Å². The molecule has 1 aliphatic rings. The molecule has 2 heterocycles. The minimum atomic E-state index is -0.530. The van der Waals surface area contributed by atoms with E-state index in [2.05, 4.69) is 16.5 Å². The van der Waals surface area contributed by atoms with E-state index >= 15 is 0 Å². The number of hydrogen-bond acceptors (Lipinski definition) is 6. The number of aromatic nitrogens is 2. The molecule has 0 unspecified atom stereocenters. The minimum Gasteiger partial charge on any atom is -0.315 e. The summed E-state index contributed by atoms with van der Waals surface area (Å²) in [6, 6.07) is 2.19. The maximum absolute atomic E-state index is 12.2. The van der Waals surface area contributed by atoms with Gasteiger partial charge in [0.2, 0.25) is 5.91 Å². The van der Waals surface area contributed by atoms with Crippen LogP contribution < -0.4 is 5.32 Å². The molecule has 0 saturated carbocycles. The van der Waals surface area contributed by atoms with Crippen molar-refractivity contribution in [1.29, 1.82) is 5.26 Å². The molecule has 2 aromatic rings. The van der Waals surface area contributed by atoms with E-state index in [1.54, 1.807) is 0 Å². The molecule has 0 aliphatic heterocycles. The molecule has 0 fully saturated rings. The second kappa shape index (κ2) is 6.41. The molecule has 1 aliphatic carbocycles. The molecule has 1 N–H and O–H groups in total. The zero-order chi connectivity index (χ0) is 17.3. The maximum Gasteiger partial charge on any atom is 0.309 e. The summed E-state index contributed by atoms with van der Waals surface area (Å²) in [5.74, 6) is -0.359. The lowest BCUT2D eigenvalue weighted by Gasteiger charge is -2.09. The first kappa shape index (κ1) is 16.1. The summed E-state index contributed by atoms with van der Waals surface area (Å²) >= 11 is 1.45. The number of nitrogens with one attached hydrogen (secondary N) is 1. The topological polar surface area (TPSA) is 114 Å². The number of fused-ring (bicyclic) bond motifs is 1. The van der Waals surface area contributed by atoms with Crippen molar-refractivity contribution in [3.63, 3.8) is 0 Å². The van der Waals surface area contributed by atoms with Crippen LogP contribution in [-0.4, -0.2) is 20.6 Å². The number of rotatable bonds is 4. The molecule has 124 valence electrons. The van der Waals surface area contributed by atoms with Gasteiger partial charge in [-0.2, -0.15) is 10.4 Å². The predicted octanol–water partition coefficient (Wildman–Crippen LogP) is 2.55. The van der Waals surface area contributed by atoms with E-state index in [1.807, 2.05) is 0 Å². The monoisotopic (exact) mass is 345 g/mol. The molecular weight excluding hydrogens is 330 g/mol. The van der Waals surface area contributed by atoms with Crippen LogP contribution in [0.4, 0.5) is 10.7 Å². The summed E-state index contributed by atoms with van der Waals surface area (Å²) in [6.45, 7) is 1.38. The third-order valence-corrected chi connectivity index (χ3v) is 5.17. The summed E-state index contributed by atoms with van der Waals surface area (Å²) in [7, 11) is 0. The number of nitrogens with zero attached hydrogens (tertiary/aromatic N) is 4. The largest absolute Gasteiger partial charge is 0.315 e. The molecule has 0 radical (unpaired) electrons. The van der Waals surface area contributed by atoms with Gasteiger partial charge in [-0.15, -0.1) is 11.3 Å². The molecule has 8 nitrogen and oxygen atoms in total. The van der Waals surface area contributed by atoms with Crippen molar-refractivity contribution < 1.29 is 9.72 Å². The van der Waals surface area contributed by atoms with Crippen LogP contribution in [0.2, 0.25) is 0 Å². The maximum atomic E-state index is 12.2. The first-order valence-electron chi connectivity index (χ1n) is 7.52. The van der Waals surface area contributed by atoms with E-state index < -0.39 is 4.92 Å². The van der Waals surface area contributed by atoms with Gasteiger partial charge in [-0.05, 0) is 38.2 Å². The van der Waals surface area contributed by atoms with Gasteiger partial charge in [0.05, 0.1) is 10.5 Å². The van der Waals surface area contributed by atoms with Crippen molar-refractivity contribution in [2.75, 3.05) is 5.32 Å². The highest BCUT2D eigenvalue weighted by Crippen LogP contribution is 2.37. The van der Waals surface area contributed by atoms with Gasteiger partial charge in [0.1, 0.15) is 29.5 Å². The smallest absolute Gasteiger partial charge is 0.309 e. The number of hydrogen-bond donors (Lipinski definition) is 1. The highest BCUT2D eigenvalue weighted by Gasteiger charge is 2.22. The fraction of sp³-hybridized carbons (Fsp3) is 0.400. The van der Waals surface area contributed by atoms with Crippen LogP contribution in [0.3, 0.4) is 0 Å². The van der Waals surface area contributed by atoms with Gasteiger partial charge in [-0.1, -0.05) is 0 Å². The summed E-state index contributed by atoms with van der Waals surface area (Å²) in [6.07, 6.45) is 5.20. The first-order chi connectivity index (χ1) is 11.5. The number of anilines is 1. The van der Waals surface area contributed by atoms with Gasteiger partial charge >= 0.3 is 5.69 Å². The van der Waals surface area contributed by atoms with Crippen LogP contribution >= 0.6 is 11.3 Å². The second-order valence-corrected chi connectivity index (χ2v) is 6.73. The molecule has 0 aromatic carbocycles. The molecule has 0 atom stereocenters. The lowest BCUT2D eigenvalue weighted by atomic mass is 9.96. The Hall–Kier alpha value is -2.73. The highest BCUT2D eigenvalue weighted by molar-refractivity contribution is 7.16. The molecule has 1 amide bonds.